The van der Waals surface area contributed by atoms with E-state index >= 15 is 0 Å². The SMILES string of the molecule is CCc1ccc2c(COC(=O)c3ccc4c(c3)OCCO4)cc(=O)oc2c1. The van der Waals surface area contributed by atoms with E-state index in [1.165, 1.54) is 6.07 Å². The largest absolute Gasteiger partial charge is 0.486 e. The molecule has 6 heteroatoms. The molecule has 0 N–H and O–H groups in total. The molecule has 1 aliphatic rings. The van der Waals surface area contributed by atoms with Crippen LogP contribution in [0.1, 0.15) is 28.4 Å². The maximum Gasteiger partial charge on any atom is 0.338 e. The highest BCUT2D eigenvalue weighted by Crippen LogP contribution is 2.31. The summed E-state index contributed by atoms with van der Waals surface area (Å²) in [4.78, 5) is 24.2. The molecule has 0 bridgehead atoms. The van der Waals surface area contributed by atoms with E-state index in [-0.39, 0.29) is 6.61 Å². The van der Waals surface area contributed by atoms with E-state index in [1.807, 2.05) is 25.1 Å². The Labute approximate surface area is 155 Å². The fourth-order valence-corrected chi connectivity index (χ4v) is 3.01. The lowest BCUT2D eigenvalue weighted by Gasteiger charge is -2.18. The van der Waals surface area contributed by atoms with Crippen molar-refractivity contribution in [1.29, 1.82) is 0 Å². The van der Waals surface area contributed by atoms with E-state index in [9.17, 15) is 9.59 Å². The zero-order chi connectivity index (χ0) is 18.8. The van der Waals surface area contributed by atoms with E-state index < -0.39 is 11.6 Å². The molecule has 138 valence electrons. The van der Waals surface area contributed by atoms with Crippen LogP contribution < -0.4 is 15.1 Å². The van der Waals surface area contributed by atoms with Gasteiger partial charge in [-0.15, -0.1) is 0 Å². The molecule has 2 heterocycles. The van der Waals surface area contributed by atoms with Crippen LogP contribution in [0, 0.1) is 0 Å². The zero-order valence-corrected chi connectivity index (χ0v) is 14.8. The number of rotatable bonds is 4. The van der Waals surface area contributed by atoms with Gasteiger partial charge < -0.3 is 18.6 Å². The van der Waals surface area contributed by atoms with Crippen LogP contribution in [0.5, 0.6) is 11.5 Å². The van der Waals surface area contributed by atoms with Gasteiger partial charge in [-0.1, -0.05) is 19.1 Å². The standard InChI is InChI=1S/C21H18O6/c1-2-13-3-5-16-15(11-20(22)27-18(16)9-13)12-26-21(23)14-4-6-17-19(10-14)25-8-7-24-17/h3-6,9-11H,2,7-8,12H2,1H3. The molecule has 0 radical (unpaired) electrons. The first kappa shape index (κ1) is 17.1. The Kier molecular flexibility index (Phi) is 4.54. The molecule has 27 heavy (non-hydrogen) atoms. The summed E-state index contributed by atoms with van der Waals surface area (Å²) in [6.45, 7) is 2.93. The second kappa shape index (κ2) is 7.15. The second-order valence-electron chi connectivity index (χ2n) is 6.21. The monoisotopic (exact) mass is 366 g/mol. The van der Waals surface area contributed by atoms with Crippen molar-refractivity contribution in [2.24, 2.45) is 0 Å². The lowest BCUT2D eigenvalue weighted by molar-refractivity contribution is 0.0473. The highest BCUT2D eigenvalue weighted by molar-refractivity contribution is 5.90. The van der Waals surface area contributed by atoms with E-state index in [0.29, 0.717) is 41.4 Å². The number of esters is 1. The lowest BCUT2D eigenvalue weighted by atomic mass is 10.1. The van der Waals surface area contributed by atoms with Gasteiger partial charge in [0.1, 0.15) is 25.4 Å². The smallest absolute Gasteiger partial charge is 0.338 e. The first-order valence-electron chi connectivity index (χ1n) is 8.76. The molecule has 0 amide bonds. The molecular weight excluding hydrogens is 348 g/mol. The van der Waals surface area contributed by atoms with Crippen molar-refractivity contribution in [3.63, 3.8) is 0 Å². The molecule has 6 nitrogen and oxygen atoms in total. The molecule has 0 aliphatic carbocycles. The molecule has 0 atom stereocenters. The van der Waals surface area contributed by atoms with Crippen LogP contribution in [0.4, 0.5) is 0 Å². The van der Waals surface area contributed by atoms with E-state index in [4.69, 9.17) is 18.6 Å². The van der Waals surface area contributed by atoms with Crippen LogP contribution in [-0.4, -0.2) is 19.2 Å². The van der Waals surface area contributed by atoms with Crippen LogP contribution in [0.2, 0.25) is 0 Å². The van der Waals surface area contributed by atoms with Gasteiger partial charge in [-0.2, -0.15) is 0 Å². The molecule has 0 unspecified atom stereocenters. The van der Waals surface area contributed by atoms with Crippen molar-refractivity contribution in [2.45, 2.75) is 20.0 Å². The number of hydrogen-bond acceptors (Lipinski definition) is 6. The van der Waals surface area contributed by atoms with Gasteiger partial charge in [0, 0.05) is 17.0 Å². The number of carbonyl (C=O) groups excluding carboxylic acids is 1. The molecule has 4 rings (SSSR count). The first-order valence-corrected chi connectivity index (χ1v) is 8.76. The van der Waals surface area contributed by atoms with E-state index in [0.717, 1.165) is 17.4 Å². The third kappa shape index (κ3) is 3.51. The summed E-state index contributed by atoms with van der Waals surface area (Å²) in [5.41, 5.74) is 2.05. The topological polar surface area (TPSA) is 75.0 Å². The summed E-state index contributed by atoms with van der Waals surface area (Å²) in [5, 5.41) is 0.752. The van der Waals surface area contributed by atoms with Crippen molar-refractivity contribution < 1.29 is 23.4 Å². The zero-order valence-electron chi connectivity index (χ0n) is 14.8. The Hall–Kier alpha value is -3.28. The van der Waals surface area contributed by atoms with Gasteiger partial charge in [0.05, 0.1) is 5.56 Å². The first-order chi connectivity index (χ1) is 13.1. The molecule has 0 fully saturated rings. The van der Waals surface area contributed by atoms with Crippen LogP contribution in [-0.2, 0) is 17.8 Å². The van der Waals surface area contributed by atoms with Crippen LogP contribution in [0.15, 0.2) is 51.7 Å². The van der Waals surface area contributed by atoms with Gasteiger partial charge in [-0.05, 0) is 36.2 Å². The third-order valence-corrected chi connectivity index (χ3v) is 4.44. The van der Waals surface area contributed by atoms with Crippen LogP contribution in [0.25, 0.3) is 11.0 Å². The maximum atomic E-state index is 12.4. The minimum atomic E-state index is -0.501. The van der Waals surface area contributed by atoms with Crippen molar-refractivity contribution in [1.82, 2.24) is 0 Å². The van der Waals surface area contributed by atoms with Crippen molar-refractivity contribution in [3.05, 3.63) is 69.6 Å². The van der Waals surface area contributed by atoms with Crippen molar-refractivity contribution in [2.75, 3.05) is 13.2 Å². The van der Waals surface area contributed by atoms with Gasteiger partial charge >= 0.3 is 11.6 Å². The summed E-state index contributed by atoms with van der Waals surface area (Å²) in [5.74, 6) is 0.628. The number of fused-ring (bicyclic) bond motifs is 2. The van der Waals surface area contributed by atoms with E-state index in [2.05, 4.69) is 0 Å². The van der Waals surface area contributed by atoms with Gasteiger partial charge in [0.2, 0.25) is 0 Å². The fraction of sp³-hybridized carbons (Fsp3) is 0.238. The average Bonchev–Trinajstić information content (AvgIpc) is 2.70. The highest BCUT2D eigenvalue weighted by atomic mass is 16.6. The lowest BCUT2D eigenvalue weighted by Crippen LogP contribution is -2.16. The quantitative estimate of drug-likeness (QED) is 0.520. The average molecular weight is 366 g/mol. The van der Waals surface area contributed by atoms with Gasteiger partial charge in [-0.25, -0.2) is 9.59 Å². The number of hydrogen-bond donors (Lipinski definition) is 0. The molecule has 0 saturated carbocycles. The molecule has 2 aromatic carbocycles. The summed E-state index contributed by atoms with van der Waals surface area (Å²) < 4.78 is 21.6. The predicted octanol–water partition coefficient (Wildman–Crippen LogP) is 3.48. The molecule has 1 aliphatic heterocycles. The summed E-state index contributed by atoms with van der Waals surface area (Å²) in [6, 6.07) is 11.9. The minimum Gasteiger partial charge on any atom is -0.486 e. The minimum absolute atomic E-state index is 0.0269. The number of carbonyl (C=O) groups is 1. The third-order valence-electron chi connectivity index (χ3n) is 4.44. The Morgan fingerprint density at radius 3 is 2.67 bits per heavy atom. The van der Waals surface area contributed by atoms with Gasteiger partial charge in [0.25, 0.3) is 0 Å². The highest BCUT2D eigenvalue weighted by Gasteiger charge is 2.16. The van der Waals surface area contributed by atoms with E-state index in [1.54, 1.807) is 18.2 Å². The molecule has 0 spiro atoms. The molecule has 1 aromatic heterocycles. The number of ether oxygens (including phenoxy) is 3. The Balaban J connectivity index is 1.56. The molecule has 0 saturated heterocycles. The second-order valence-corrected chi connectivity index (χ2v) is 6.21. The van der Waals surface area contributed by atoms with Crippen molar-refractivity contribution >= 4 is 16.9 Å². The molecule has 3 aromatic rings. The predicted molar refractivity (Wildman–Crippen MR) is 98.4 cm³/mol. The van der Waals surface area contributed by atoms with Crippen molar-refractivity contribution in [3.8, 4) is 11.5 Å². The fourth-order valence-electron chi connectivity index (χ4n) is 3.01. The normalized spacial score (nSPS) is 12.8. The van der Waals surface area contributed by atoms with Gasteiger partial charge in [0.15, 0.2) is 11.5 Å². The molecular formula is C21H18O6. The Bertz CT molecular complexity index is 1070. The summed E-state index contributed by atoms with van der Waals surface area (Å²) in [7, 11) is 0. The number of benzene rings is 2. The Morgan fingerprint density at radius 1 is 1.04 bits per heavy atom. The number of aryl methyl sites for hydroxylation is 1. The van der Waals surface area contributed by atoms with Crippen LogP contribution >= 0.6 is 0 Å². The Morgan fingerprint density at radius 2 is 1.85 bits per heavy atom. The van der Waals surface area contributed by atoms with Gasteiger partial charge in [-0.3, -0.25) is 0 Å². The summed E-state index contributed by atoms with van der Waals surface area (Å²) >= 11 is 0. The summed E-state index contributed by atoms with van der Waals surface area (Å²) in [6.07, 6.45) is 0.836. The maximum absolute atomic E-state index is 12.4. The van der Waals surface area contributed by atoms with Crippen LogP contribution in [0.3, 0.4) is 0 Å².